The van der Waals surface area contributed by atoms with Crippen molar-refractivity contribution in [1.82, 2.24) is 0 Å². The summed E-state index contributed by atoms with van der Waals surface area (Å²) >= 11 is 0. The van der Waals surface area contributed by atoms with Gasteiger partial charge in [0.1, 0.15) is 31.5 Å². The van der Waals surface area contributed by atoms with Crippen LogP contribution in [0.3, 0.4) is 0 Å². The summed E-state index contributed by atoms with van der Waals surface area (Å²) in [5.41, 5.74) is 0.0856. The van der Waals surface area contributed by atoms with E-state index in [0.717, 1.165) is 54.5 Å². The molecule has 2 saturated heterocycles. The maximum Gasteiger partial charge on any atom is 0.303 e. The molecule has 0 saturated carbocycles. The van der Waals surface area contributed by atoms with Gasteiger partial charge >= 0.3 is 41.8 Å². The van der Waals surface area contributed by atoms with Crippen molar-refractivity contribution >= 4 is 53.4 Å². The number of hydrogen-bond acceptors (Lipinski definition) is 20. The highest BCUT2D eigenvalue weighted by Gasteiger charge is 2.58. The van der Waals surface area contributed by atoms with Crippen molar-refractivity contribution in [3.8, 4) is 0 Å². The number of allylic oxidation sites excluding steroid dienone is 2. The predicted molar refractivity (Wildman–Crippen MR) is 178 cm³/mol. The predicted octanol–water partition coefficient (Wildman–Crippen LogP) is 0.586. The number of ether oxygens (including phenoxy) is 11. The number of carbonyl (C=O) groups is 9. The van der Waals surface area contributed by atoms with Crippen LogP contribution >= 0.6 is 0 Å². The molecule has 1 aromatic carbocycles. The maximum atomic E-state index is 13.5. The normalized spacial score (nSPS) is 28.3. The first-order chi connectivity index (χ1) is 26.4. The van der Waals surface area contributed by atoms with Gasteiger partial charge in [-0.05, 0) is 0 Å². The van der Waals surface area contributed by atoms with Crippen LogP contribution in [0, 0.1) is 0 Å². The van der Waals surface area contributed by atoms with E-state index in [9.17, 15) is 43.2 Å². The van der Waals surface area contributed by atoms with Gasteiger partial charge in [-0.25, -0.2) is 0 Å². The lowest BCUT2D eigenvalue weighted by molar-refractivity contribution is -0.358. The average molecular weight is 793 g/mol. The zero-order chi connectivity index (χ0) is 41.4. The minimum atomic E-state index is -1.89. The van der Waals surface area contributed by atoms with Crippen LogP contribution in [0.15, 0.2) is 36.1 Å². The second-order valence-electron chi connectivity index (χ2n) is 12.5. The lowest BCUT2D eigenvalue weighted by Gasteiger charge is -2.48. The van der Waals surface area contributed by atoms with E-state index in [-0.39, 0.29) is 11.1 Å². The van der Waals surface area contributed by atoms with Crippen molar-refractivity contribution in [3.05, 3.63) is 47.2 Å². The van der Waals surface area contributed by atoms with E-state index in [2.05, 4.69) is 0 Å². The highest BCUT2D eigenvalue weighted by atomic mass is 16.8. The second-order valence-corrected chi connectivity index (χ2v) is 12.5. The summed E-state index contributed by atoms with van der Waals surface area (Å²) < 4.78 is 62.1. The van der Waals surface area contributed by atoms with E-state index in [1.165, 1.54) is 18.2 Å². The molecule has 4 rings (SSSR count). The minimum absolute atomic E-state index is 0.00675. The van der Waals surface area contributed by atoms with Gasteiger partial charge in [-0.2, -0.15) is 0 Å². The standard InChI is InChI=1S/C36H40O20/c1-15(37)46-13-26-29(48-17(3)39)31(49-18(4)40)34(52-21(7)43)36(55-26)56-30-27(14-47-16(2)38)54-35(33(51-20(6)42)32(30)50-19(5)41)53-25-12-24(44)22-10-8-9-11-23(22)28(25)45/h8-12,26-27,29-36H,13-14H2,1-7H3. The van der Waals surface area contributed by atoms with Crippen LogP contribution in [0.25, 0.3) is 0 Å². The molecule has 2 fully saturated rings. The maximum absolute atomic E-state index is 13.5. The molecule has 2 aliphatic heterocycles. The third kappa shape index (κ3) is 10.9. The first-order valence-corrected chi connectivity index (χ1v) is 17.0. The van der Waals surface area contributed by atoms with Crippen LogP contribution in [-0.4, -0.2) is 128 Å². The Morgan fingerprint density at radius 2 is 0.929 bits per heavy atom. The number of benzene rings is 1. The number of fused-ring (bicyclic) bond motifs is 1. The third-order valence-corrected chi connectivity index (χ3v) is 8.05. The molecular formula is C36H40O20. The van der Waals surface area contributed by atoms with E-state index in [0.29, 0.717) is 0 Å². The van der Waals surface area contributed by atoms with Gasteiger partial charge in [-0.1, -0.05) is 24.3 Å². The van der Waals surface area contributed by atoms with Crippen molar-refractivity contribution in [3.63, 3.8) is 0 Å². The molecule has 56 heavy (non-hydrogen) atoms. The first-order valence-electron chi connectivity index (χ1n) is 17.0. The summed E-state index contributed by atoms with van der Waals surface area (Å²) in [6.45, 7) is 5.83. The van der Waals surface area contributed by atoms with Gasteiger partial charge in [0, 0.05) is 65.7 Å². The van der Waals surface area contributed by atoms with Gasteiger partial charge in [0.2, 0.25) is 18.2 Å². The summed E-state index contributed by atoms with van der Waals surface area (Å²) in [6, 6.07) is 5.90. The van der Waals surface area contributed by atoms with Crippen molar-refractivity contribution < 1.29 is 95.3 Å². The summed E-state index contributed by atoms with van der Waals surface area (Å²) in [7, 11) is 0. The highest BCUT2D eigenvalue weighted by molar-refractivity contribution is 6.23. The van der Waals surface area contributed by atoms with Crippen molar-refractivity contribution in [2.75, 3.05) is 13.2 Å². The number of carbonyl (C=O) groups excluding carboxylic acids is 9. The van der Waals surface area contributed by atoms with E-state index in [1.807, 2.05) is 0 Å². The molecule has 3 aliphatic rings. The summed E-state index contributed by atoms with van der Waals surface area (Å²) in [5.74, 6) is -8.26. The second kappa shape index (κ2) is 18.7. The SMILES string of the molecule is CC(=O)OCC1OC(OC2C(COC(C)=O)OC(OC3=CC(=O)c4ccccc4C3=O)C(OC(C)=O)C2OC(C)=O)C(OC(C)=O)C(OC(C)=O)C1OC(C)=O. The van der Waals surface area contributed by atoms with Gasteiger partial charge in [0.05, 0.1) is 0 Å². The Kier molecular flexibility index (Phi) is 14.4. The van der Waals surface area contributed by atoms with Gasteiger partial charge < -0.3 is 52.1 Å². The molecule has 1 aromatic rings. The topological polar surface area (TPSA) is 255 Å². The van der Waals surface area contributed by atoms with Gasteiger partial charge in [-0.15, -0.1) is 0 Å². The van der Waals surface area contributed by atoms with E-state index >= 15 is 0 Å². The van der Waals surface area contributed by atoms with Crippen LogP contribution in [0.4, 0.5) is 0 Å². The van der Waals surface area contributed by atoms with E-state index in [1.54, 1.807) is 6.07 Å². The zero-order valence-corrected chi connectivity index (χ0v) is 31.2. The number of Topliss-reactive ketones (excluding diaryl/α,β-unsaturated/α-hetero) is 1. The fraction of sp³-hybridized carbons (Fsp3) is 0.528. The molecule has 0 radical (unpaired) electrons. The molecule has 20 nitrogen and oxygen atoms in total. The van der Waals surface area contributed by atoms with E-state index in [4.69, 9.17) is 52.1 Å². The molecule has 0 spiro atoms. The minimum Gasteiger partial charge on any atom is -0.463 e. The Morgan fingerprint density at radius 1 is 0.518 bits per heavy atom. The van der Waals surface area contributed by atoms with Crippen LogP contribution in [-0.2, 0) is 85.7 Å². The molecular weight excluding hydrogens is 752 g/mol. The molecule has 20 heteroatoms. The number of rotatable bonds is 13. The van der Waals surface area contributed by atoms with E-state index < -0.39 is 134 Å². The lowest BCUT2D eigenvalue weighted by Crippen LogP contribution is -2.67. The molecule has 10 unspecified atom stereocenters. The van der Waals surface area contributed by atoms with Crippen molar-refractivity contribution in [2.45, 2.75) is 110 Å². The van der Waals surface area contributed by atoms with Crippen LogP contribution < -0.4 is 0 Å². The highest BCUT2D eigenvalue weighted by Crippen LogP contribution is 2.37. The molecule has 10 atom stereocenters. The van der Waals surface area contributed by atoms with Crippen LogP contribution in [0.1, 0.15) is 69.2 Å². The Hall–Kier alpha value is -5.73. The lowest BCUT2D eigenvalue weighted by atomic mass is 9.93. The largest absolute Gasteiger partial charge is 0.463 e. The smallest absolute Gasteiger partial charge is 0.303 e. The van der Waals surface area contributed by atoms with Crippen LogP contribution in [0.2, 0.25) is 0 Å². The first kappa shape index (κ1) is 43.0. The van der Waals surface area contributed by atoms with Gasteiger partial charge in [0.15, 0.2) is 42.2 Å². The number of hydrogen-bond donors (Lipinski definition) is 0. The Labute approximate surface area is 318 Å². The van der Waals surface area contributed by atoms with Crippen molar-refractivity contribution in [1.29, 1.82) is 0 Å². The third-order valence-electron chi connectivity index (χ3n) is 8.05. The van der Waals surface area contributed by atoms with Crippen molar-refractivity contribution in [2.24, 2.45) is 0 Å². The summed E-state index contributed by atoms with van der Waals surface area (Å²) in [6.07, 6.45) is -16.3. The number of ketones is 2. The van der Waals surface area contributed by atoms with Gasteiger partial charge in [-0.3, -0.25) is 43.2 Å². The summed E-state index contributed by atoms with van der Waals surface area (Å²) in [4.78, 5) is 112. The Morgan fingerprint density at radius 3 is 1.43 bits per heavy atom. The Bertz CT molecular complexity index is 1770. The monoisotopic (exact) mass is 792 g/mol. The average Bonchev–Trinajstić information content (AvgIpc) is 3.09. The molecule has 304 valence electrons. The summed E-state index contributed by atoms with van der Waals surface area (Å²) in [5, 5.41) is 0. The quantitative estimate of drug-likeness (QED) is 0.196. The molecule has 2 heterocycles. The molecule has 0 bridgehead atoms. The Balaban J connectivity index is 1.82. The molecule has 0 N–H and O–H groups in total. The molecule has 0 amide bonds. The zero-order valence-electron chi connectivity index (χ0n) is 31.2. The molecule has 0 aromatic heterocycles. The fourth-order valence-electron chi connectivity index (χ4n) is 6.07. The fourth-order valence-corrected chi connectivity index (χ4v) is 6.07. The molecule has 1 aliphatic carbocycles. The van der Waals surface area contributed by atoms with Crippen LogP contribution in [0.5, 0.6) is 0 Å². The number of esters is 7. The van der Waals surface area contributed by atoms with Gasteiger partial charge in [0.25, 0.3) is 0 Å².